The van der Waals surface area contributed by atoms with Crippen molar-refractivity contribution in [3.63, 3.8) is 0 Å². The highest BCUT2D eigenvalue weighted by molar-refractivity contribution is 5.91. The zero-order chi connectivity index (χ0) is 21.6. The molecule has 1 amide bonds. The second-order valence-electron chi connectivity index (χ2n) is 9.29. The predicted molar refractivity (Wildman–Crippen MR) is 129 cm³/mol. The van der Waals surface area contributed by atoms with E-state index in [2.05, 4.69) is 73.0 Å². The number of rotatable bonds is 7. The SMILES string of the molecule is CC(C)c1cc(NC2CCC(NC(=O)CCC3=CCCC=C3)CC2)c2ccccc2n1. The van der Waals surface area contributed by atoms with Gasteiger partial charge in [0.1, 0.15) is 0 Å². The molecule has 4 rings (SSSR count). The summed E-state index contributed by atoms with van der Waals surface area (Å²) in [5, 5.41) is 8.25. The quantitative estimate of drug-likeness (QED) is 0.559. The number of aromatic nitrogens is 1. The normalized spacial score (nSPS) is 21.2. The maximum Gasteiger partial charge on any atom is 0.220 e. The van der Waals surface area contributed by atoms with E-state index in [1.807, 2.05) is 0 Å². The number of hydrogen-bond donors (Lipinski definition) is 2. The summed E-state index contributed by atoms with van der Waals surface area (Å²) in [4.78, 5) is 17.2. The highest BCUT2D eigenvalue weighted by Gasteiger charge is 2.23. The van der Waals surface area contributed by atoms with E-state index in [4.69, 9.17) is 4.98 Å². The molecule has 0 spiro atoms. The summed E-state index contributed by atoms with van der Waals surface area (Å²) in [5.41, 5.74) is 4.68. The molecule has 0 saturated heterocycles. The van der Waals surface area contributed by atoms with Crippen LogP contribution in [0.3, 0.4) is 0 Å². The Morgan fingerprint density at radius 1 is 1.10 bits per heavy atom. The number of nitrogens with zero attached hydrogens (tertiary/aromatic N) is 1. The lowest BCUT2D eigenvalue weighted by Gasteiger charge is -2.31. The first kappa shape index (κ1) is 21.6. The third-order valence-corrected chi connectivity index (χ3v) is 6.49. The predicted octanol–water partition coefficient (Wildman–Crippen LogP) is 6.25. The molecule has 1 saturated carbocycles. The average molecular weight is 418 g/mol. The van der Waals surface area contributed by atoms with E-state index in [0.29, 0.717) is 24.4 Å². The Labute approximate surface area is 186 Å². The molecular formula is C27H35N3O. The van der Waals surface area contributed by atoms with E-state index in [9.17, 15) is 4.79 Å². The molecular weight excluding hydrogens is 382 g/mol. The van der Waals surface area contributed by atoms with Crippen LogP contribution in [0, 0.1) is 0 Å². The van der Waals surface area contributed by atoms with Crippen LogP contribution >= 0.6 is 0 Å². The number of nitrogens with one attached hydrogen (secondary N) is 2. The Morgan fingerprint density at radius 2 is 1.87 bits per heavy atom. The van der Waals surface area contributed by atoms with Crippen LogP contribution in [0.2, 0.25) is 0 Å². The summed E-state index contributed by atoms with van der Waals surface area (Å²) in [6.07, 6.45) is 14.5. The molecule has 0 bridgehead atoms. The smallest absolute Gasteiger partial charge is 0.220 e. The number of amides is 1. The van der Waals surface area contributed by atoms with Crippen molar-refractivity contribution >= 4 is 22.5 Å². The molecule has 2 N–H and O–H groups in total. The van der Waals surface area contributed by atoms with Crippen molar-refractivity contribution in [2.45, 2.75) is 83.2 Å². The van der Waals surface area contributed by atoms with Crippen LogP contribution in [0.4, 0.5) is 5.69 Å². The molecule has 4 heteroatoms. The standard InChI is InChI=1S/C27H35N3O/c1-19(2)25-18-26(23-10-6-7-11-24(23)30-25)28-21-13-15-22(16-14-21)29-27(31)17-12-20-8-4-3-5-9-20/h4,6-11,18-19,21-22H,3,5,12-17H2,1-2H3,(H,28,30)(H,29,31). The molecule has 1 aromatic heterocycles. The Kier molecular flexibility index (Phi) is 7.06. The Balaban J connectivity index is 1.30. The molecule has 1 aromatic carbocycles. The van der Waals surface area contributed by atoms with E-state index in [0.717, 1.165) is 56.2 Å². The summed E-state index contributed by atoms with van der Waals surface area (Å²) < 4.78 is 0. The fraction of sp³-hybridized carbons (Fsp3) is 0.481. The van der Waals surface area contributed by atoms with Crippen molar-refractivity contribution in [3.8, 4) is 0 Å². The van der Waals surface area contributed by atoms with Gasteiger partial charge in [0.15, 0.2) is 0 Å². The van der Waals surface area contributed by atoms with E-state index in [1.54, 1.807) is 0 Å². The summed E-state index contributed by atoms with van der Waals surface area (Å²) in [5.74, 6) is 0.592. The van der Waals surface area contributed by atoms with Crippen LogP contribution in [0.1, 0.15) is 76.8 Å². The highest BCUT2D eigenvalue weighted by atomic mass is 16.1. The van der Waals surface area contributed by atoms with Gasteiger partial charge in [-0.3, -0.25) is 9.78 Å². The first-order chi connectivity index (χ1) is 15.1. The van der Waals surface area contributed by atoms with Crippen LogP contribution in [0.5, 0.6) is 0 Å². The van der Waals surface area contributed by atoms with Crippen LogP contribution in [0.15, 0.2) is 54.1 Å². The third-order valence-electron chi connectivity index (χ3n) is 6.49. The number of carbonyl (C=O) groups excluding carboxylic acids is 1. The monoisotopic (exact) mass is 417 g/mol. The van der Waals surface area contributed by atoms with Crippen LogP contribution in [0.25, 0.3) is 10.9 Å². The van der Waals surface area contributed by atoms with Gasteiger partial charge in [0.25, 0.3) is 0 Å². The Bertz CT molecular complexity index is 968. The topological polar surface area (TPSA) is 54.0 Å². The van der Waals surface area contributed by atoms with Crippen LogP contribution in [-0.4, -0.2) is 23.0 Å². The zero-order valence-corrected chi connectivity index (χ0v) is 18.9. The summed E-state index contributed by atoms with van der Waals surface area (Å²) in [6, 6.07) is 11.3. The molecule has 4 nitrogen and oxygen atoms in total. The van der Waals surface area contributed by atoms with Crippen LogP contribution < -0.4 is 10.6 Å². The van der Waals surface area contributed by atoms with Crippen LogP contribution in [-0.2, 0) is 4.79 Å². The largest absolute Gasteiger partial charge is 0.382 e. The van der Waals surface area contributed by atoms with Gasteiger partial charge < -0.3 is 10.6 Å². The lowest BCUT2D eigenvalue weighted by atomic mass is 9.90. The van der Waals surface area contributed by atoms with Gasteiger partial charge in [0.2, 0.25) is 5.91 Å². The molecule has 31 heavy (non-hydrogen) atoms. The summed E-state index contributed by atoms with van der Waals surface area (Å²) in [7, 11) is 0. The molecule has 164 valence electrons. The van der Waals surface area contributed by atoms with Crippen molar-refractivity contribution in [2.24, 2.45) is 0 Å². The molecule has 1 fully saturated rings. The highest BCUT2D eigenvalue weighted by Crippen LogP contribution is 2.29. The number of fused-ring (bicyclic) bond motifs is 1. The lowest BCUT2D eigenvalue weighted by molar-refractivity contribution is -0.121. The van der Waals surface area contributed by atoms with Gasteiger partial charge in [0, 0.05) is 35.3 Å². The molecule has 1 heterocycles. The number of pyridine rings is 1. The minimum atomic E-state index is 0.193. The number of benzene rings is 1. The molecule has 2 aromatic rings. The minimum Gasteiger partial charge on any atom is -0.382 e. The second-order valence-corrected chi connectivity index (χ2v) is 9.29. The van der Waals surface area contributed by atoms with Crippen molar-refractivity contribution < 1.29 is 4.79 Å². The Morgan fingerprint density at radius 3 is 2.61 bits per heavy atom. The van der Waals surface area contributed by atoms with Gasteiger partial charge in [-0.2, -0.15) is 0 Å². The molecule has 2 aliphatic rings. The lowest BCUT2D eigenvalue weighted by Crippen LogP contribution is -2.40. The Hall–Kier alpha value is -2.62. The summed E-state index contributed by atoms with van der Waals surface area (Å²) in [6.45, 7) is 4.38. The first-order valence-corrected chi connectivity index (χ1v) is 11.9. The maximum atomic E-state index is 12.4. The molecule has 0 aliphatic heterocycles. The van der Waals surface area contributed by atoms with Gasteiger partial charge in [-0.15, -0.1) is 0 Å². The van der Waals surface area contributed by atoms with Gasteiger partial charge in [-0.05, 0) is 63.0 Å². The third kappa shape index (κ3) is 5.75. The molecule has 0 radical (unpaired) electrons. The van der Waals surface area contributed by atoms with E-state index >= 15 is 0 Å². The minimum absolute atomic E-state index is 0.193. The maximum absolute atomic E-state index is 12.4. The van der Waals surface area contributed by atoms with Crippen molar-refractivity contribution in [1.29, 1.82) is 0 Å². The van der Waals surface area contributed by atoms with Crippen molar-refractivity contribution in [1.82, 2.24) is 10.3 Å². The van der Waals surface area contributed by atoms with Crippen molar-refractivity contribution in [3.05, 3.63) is 59.8 Å². The van der Waals surface area contributed by atoms with E-state index in [-0.39, 0.29) is 5.91 Å². The fourth-order valence-electron chi connectivity index (χ4n) is 4.62. The molecule has 0 unspecified atom stereocenters. The fourth-order valence-corrected chi connectivity index (χ4v) is 4.62. The van der Waals surface area contributed by atoms with Gasteiger partial charge >= 0.3 is 0 Å². The van der Waals surface area contributed by atoms with Gasteiger partial charge in [-0.1, -0.05) is 55.8 Å². The van der Waals surface area contributed by atoms with E-state index in [1.165, 1.54) is 16.6 Å². The number of anilines is 1. The molecule has 0 atom stereocenters. The number of para-hydroxylation sites is 1. The summed E-state index contributed by atoms with van der Waals surface area (Å²) >= 11 is 0. The first-order valence-electron chi connectivity index (χ1n) is 11.9. The average Bonchev–Trinajstić information content (AvgIpc) is 2.79. The van der Waals surface area contributed by atoms with Gasteiger partial charge in [0.05, 0.1) is 5.52 Å². The number of hydrogen-bond acceptors (Lipinski definition) is 3. The van der Waals surface area contributed by atoms with Gasteiger partial charge in [-0.25, -0.2) is 0 Å². The second kappa shape index (κ2) is 10.1. The van der Waals surface area contributed by atoms with E-state index < -0.39 is 0 Å². The number of carbonyl (C=O) groups is 1. The molecule has 2 aliphatic carbocycles. The number of allylic oxidation sites excluding steroid dienone is 4. The van der Waals surface area contributed by atoms with Crippen molar-refractivity contribution in [2.75, 3.05) is 5.32 Å². The zero-order valence-electron chi connectivity index (χ0n) is 18.9.